The maximum Gasteiger partial charge on any atom is 0.350 e. The minimum absolute atomic E-state index is 0.0886. The van der Waals surface area contributed by atoms with Crippen LogP contribution >= 0.6 is 0 Å². The first-order chi connectivity index (χ1) is 14.2. The monoisotopic (exact) mass is 400 g/mol. The maximum absolute atomic E-state index is 12.1. The molecule has 0 spiro atoms. The van der Waals surface area contributed by atoms with Crippen LogP contribution in [0.25, 0.3) is 0 Å². The zero-order chi connectivity index (χ0) is 20.1. The smallest absolute Gasteiger partial charge is 0.350 e. The van der Waals surface area contributed by atoms with Gasteiger partial charge in [0.05, 0.1) is 13.2 Å². The van der Waals surface area contributed by atoms with Crippen LogP contribution in [0.4, 0.5) is 0 Å². The summed E-state index contributed by atoms with van der Waals surface area (Å²) >= 11 is 0. The molecule has 8 nitrogen and oxygen atoms in total. The van der Waals surface area contributed by atoms with E-state index in [2.05, 4.69) is 0 Å². The standard InChI is InChI=1S/C21H20O8/c22-20(18-12-26-14-6-1-3-8-16(14)28-18)24-10-5-11-25-21(23)19-13-27-15-7-2-4-9-17(15)29-19/h1-4,6-9,18-19H,5,10-13H2/t18-,19+. The number of rotatable bonds is 6. The molecule has 0 N–H and O–H groups in total. The summed E-state index contributed by atoms with van der Waals surface area (Å²) in [5.74, 6) is 1.16. The van der Waals surface area contributed by atoms with Crippen LogP contribution in [0.3, 0.4) is 0 Å². The van der Waals surface area contributed by atoms with Gasteiger partial charge in [-0.25, -0.2) is 9.59 Å². The molecule has 29 heavy (non-hydrogen) atoms. The zero-order valence-corrected chi connectivity index (χ0v) is 15.6. The van der Waals surface area contributed by atoms with Crippen LogP contribution in [-0.2, 0) is 19.1 Å². The van der Waals surface area contributed by atoms with Crippen LogP contribution in [0, 0.1) is 0 Å². The van der Waals surface area contributed by atoms with Gasteiger partial charge in [-0.15, -0.1) is 0 Å². The molecule has 0 unspecified atom stereocenters. The first kappa shape index (κ1) is 18.9. The summed E-state index contributed by atoms with van der Waals surface area (Å²) in [6.07, 6.45) is -1.29. The number of hydrogen-bond donors (Lipinski definition) is 0. The van der Waals surface area contributed by atoms with Crippen molar-refractivity contribution in [3.8, 4) is 23.0 Å². The summed E-state index contributed by atoms with van der Waals surface area (Å²) in [5.41, 5.74) is 0. The fourth-order valence-corrected chi connectivity index (χ4v) is 2.86. The summed E-state index contributed by atoms with van der Waals surface area (Å²) in [6.45, 7) is 0.369. The van der Waals surface area contributed by atoms with Crippen LogP contribution in [-0.4, -0.2) is 50.6 Å². The van der Waals surface area contributed by atoms with E-state index in [1.807, 2.05) is 12.1 Å². The van der Waals surface area contributed by atoms with Crippen LogP contribution in [0.1, 0.15) is 6.42 Å². The molecule has 0 fully saturated rings. The predicted octanol–water partition coefficient (Wildman–Crippen LogP) is 2.14. The highest BCUT2D eigenvalue weighted by Crippen LogP contribution is 2.32. The molecule has 2 aliphatic heterocycles. The van der Waals surface area contributed by atoms with Gasteiger partial charge in [0.1, 0.15) is 13.2 Å². The molecule has 2 heterocycles. The number of carbonyl (C=O) groups excluding carboxylic acids is 2. The van der Waals surface area contributed by atoms with Crippen molar-refractivity contribution in [2.45, 2.75) is 18.6 Å². The Labute approximate surface area is 167 Å². The second-order valence-corrected chi connectivity index (χ2v) is 6.42. The second kappa shape index (κ2) is 8.72. The molecule has 0 saturated heterocycles. The Morgan fingerprint density at radius 2 is 1.14 bits per heavy atom. The Kier molecular flexibility index (Phi) is 5.69. The van der Waals surface area contributed by atoms with Crippen molar-refractivity contribution in [2.24, 2.45) is 0 Å². The van der Waals surface area contributed by atoms with Crippen LogP contribution in [0.2, 0.25) is 0 Å². The third kappa shape index (κ3) is 4.53. The van der Waals surface area contributed by atoms with Gasteiger partial charge < -0.3 is 28.4 Å². The third-order valence-corrected chi connectivity index (χ3v) is 4.32. The van der Waals surface area contributed by atoms with Crippen LogP contribution < -0.4 is 18.9 Å². The lowest BCUT2D eigenvalue weighted by Gasteiger charge is -2.25. The first-order valence-corrected chi connectivity index (χ1v) is 9.31. The second-order valence-electron chi connectivity index (χ2n) is 6.42. The highest BCUT2D eigenvalue weighted by molar-refractivity contribution is 5.76. The molecule has 152 valence electrons. The number of carbonyl (C=O) groups is 2. The molecule has 0 aromatic heterocycles. The van der Waals surface area contributed by atoms with Crippen molar-refractivity contribution in [1.82, 2.24) is 0 Å². The Hall–Kier alpha value is -3.42. The third-order valence-electron chi connectivity index (χ3n) is 4.32. The summed E-state index contributed by atoms with van der Waals surface area (Å²) in [5, 5.41) is 0. The van der Waals surface area contributed by atoms with Gasteiger partial charge in [0.25, 0.3) is 0 Å². The van der Waals surface area contributed by atoms with Crippen LogP contribution in [0.5, 0.6) is 23.0 Å². The molecule has 0 bridgehead atoms. The molecule has 0 radical (unpaired) electrons. The topological polar surface area (TPSA) is 89.5 Å². The van der Waals surface area contributed by atoms with Crippen molar-refractivity contribution in [2.75, 3.05) is 26.4 Å². The minimum atomic E-state index is -0.819. The highest BCUT2D eigenvalue weighted by atomic mass is 16.6. The lowest BCUT2D eigenvalue weighted by atomic mass is 10.2. The van der Waals surface area contributed by atoms with Crippen molar-refractivity contribution in [3.63, 3.8) is 0 Å². The largest absolute Gasteiger partial charge is 0.485 e. The van der Waals surface area contributed by atoms with Gasteiger partial charge in [0.15, 0.2) is 23.0 Å². The summed E-state index contributed by atoms with van der Waals surface area (Å²) in [7, 11) is 0. The SMILES string of the molecule is O=C(OCCCOC(=O)[C@H]1COc2ccccc2O1)[C@@H]1COc2ccccc2O1. The first-order valence-electron chi connectivity index (χ1n) is 9.31. The molecule has 0 amide bonds. The molecule has 2 aliphatic rings. The van der Waals surface area contributed by atoms with E-state index >= 15 is 0 Å². The Balaban J connectivity index is 1.14. The van der Waals surface area contributed by atoms with Crippen LogP contribution in [0.15, 0.2) is 48.5 Å². The fraction of sp³-hybridized carbons (Fsp3) is 0.333. The minimum Gasteiger partial charge on any atom is -0.485 e. The number of fused-ring (bicyclic) bond motifs is 2. The summed E-state index contributed by atoms with van der Waals surface area (Å²) in [6, 6.07) is 14.2. The van der Waals surface area contributed by atoms with Gasteiger partial charge in [-0.3, -0.25) is 0 Å². The molecule has 4 rings (SSSR count). The fourth-order valence-electron chi connectivity index (χ4n) is 2.86. The lowest BCUT2D eigenvalue weighted by molar-refractivity contribution is -0.157. The van der Waals surface area contributed by atoms with E-state index < -0.39 is 24.1 Å². The van der Waals surface area contributed by atoms with Gasteiger partial charge in [-0.1, -0.05) is 24.3 Å². The van der Waals surface area contributed by atoms with E-state index in [4.69, 9.17) is 28.4 Å². The molecule has 0 aliphatic carbocycles. The van der Waals surface area contributed by atoms with E-state index in [0.29, 0.717) is 29.4 Å². The van der Waals surface area contributed by atoms with Gasteiger partial charge >= 0.3 is 11.9 Å². The number of benzene rings is 2. The van der Waals surface area contributed by atoms with E-state index in [0.717, 1.165) is 0 Å². The van der Waals surface area contributed by atoms with Gasteiger partial charge in [-0.2, -0.15) is 0 Å². The quantitative estimate of drug-likeness (QED) is 0.538. The van der Waals surface area contributed by atoms with E-state index in [1.54, 1.807) is 36.4 Å². The number of ether oxygens (including phenoxy) is 6. The van der Waals surface area contributed by atoms with Crippen molar-refractivity contribution in [1.29, 1.82) is 0 Å². The van der Waals surface area contributed by atoms with E-state index in [-0.39, 0.29) is 26.4 Å². The van der Waals surface area contributed by atoms with Crippen molar-refractivity contribution < 1.29 is 38.0 Å². The molecular formula is C21H20O8. The van der Waals surface area contributed by atoms with Gasteiger partial charge in [0, 0.05) is 6.42 Å². The molecule has 2 aromatic rings. The Morgan fingerprint density at radius 1 is 0.724 bits per heavy atom. The summed E-state index contributed by atoms with van der Waals surface area (Å²) in [4.78, 5) is 24.2. The molecular weight excluding hydrogens is 380 g/mol. The lowest BCUT2D eigenvalue weighted by Crippen LogP contribution is -2.38. The van der Waals surface area contributed by atoms with Gasteiger partial charge in [0.2, 0.25) is 12.2 Å². The average molecular weight is 400 g/mol. The zero-order valence-electron chi connectivity index (χ0n) is 15.6. The number of esters is 2. The molecule has 2 atom stereocenters. The van der Waals surface area contributed by atoms with Crippen molar-refractivity contribution >= 4 is 11.9 Å². The number of para-hydroxylation sites is 4. The summed E-state index contributed by atoms with van der Waals surface area (Å²) < 4.78 is 32.5. The highest BCUT2D eigenvalue weighted by Gasteiger charge is 2.30. The number of hydrogen-bond acceptors (Lipinski definition) is 8. The normalized spacial score (nSPS) is 19.2. The Morgan fingerprint density at radius 3 is 1.59 bits per heavy atom. The molecule has 2 aromatic carbocycles. The maximum atomic E-state index is 12.1. The Bertz CT molecular complexity index is 809. The molecule has 0 saturated carbocycles. The van der Waals surface area contributed by atoms with E-state index in [9.17, 15) is 9.59 Å². The van der Waals surface area contributed by atoms with E-state index in [1.165, 1.54) is 0 Å². The predicted molar refractivity (Wildman–Crippen MR) is 99.2 cm³/mol. The average Bonchev–Trinajstić information content (AvgIpc) is 2.77. The van der Waals surface area contributed by atoms with Crippen molar-refractivity contribution in [3.05, 3.63) is 48.5 Å². The molecule has 8 heteroatoms. The van der Waals surface area contributed by atoms with Gasteiger partial charge in [-0.05, 0) is 24.3 Å².